The third-order valence-electron chi connectivity index (χ3n) is 4.95. The summed E-state index contributed by atoms with van der Waals surface area (Å²) in [6, 6.07) is 0. The second-order valence-corrected chi connectivity index (χ2v) is 8.13. The molecule has 3 nitrogen and oxygen atoms in total. The van der Waals surface area contributed by atoms with Crippen molar-refractivity contribution < 1.29 is 14.3 Å². The lowest BCUT2D eigenvalue weighted by atomic mass is 9.54. The molecule has 0 aromatic heterocycles. The van der Waals surface area contributed by atoms with Crippen LogP contribution in [0.15, 0.2) is 12.3 Å². The second kappa shape index (κ2) is 4.51. The van der Waals surface area contributed by atoms with E-state index < -0.39 is 11.6 Å². The molecule has 0 aliphatic heterocycles. The van der Waals surface area contributed by atoms with Crippen molar-refractivity contribution in [3.05, 3.63) is 12.3 Å². The number of carbonyl (C=O) groups excluding carboxylic acids is 1. The van der Waals surface area contributed by atoms with Crippen molar-refractivity contribution in [1.82, 2.24) is 0 Å². The first-order chi connectivity index (χ1) is 9.25. The molecule has 112 valence electrons. The van der Waals surface area contributed by atoms with E-state index in [2.05, 4.69) is 6.58 Å². The molecule has 0 spiro atoms. The molecule has 0 radical (unpaired) electrons. The van der Waals surface area contributed by atoms with Gasteiger partial charge in [-0.15, -0.1) is 0 Å². The first-order valence-corrected chi connectivity index (χ1v) is 7.86. The summed E-state index contributed by atoms with van der Waals surface area (Å²) in [6.45, 7) is 9.41. The van der Waals surface area contributed by atoms with Gasteiger partial charge in [-0.05, 0) is 83.6 Å². The molecule has 0 atom stereocenters. The Morgan fingerprint density at radius 2 is 1.50 bits per heavy atom. The van der Waals surface area contributed by atoms with Gasteiger partial charge in [-0.25, -0.2) is 4.79 Å². The van der Waals surface area contributed by atoms with Crippen LogP contribution >= 0.6 is 0 Å². The van der Waals surface area contributed by atoms with Crippen molar-refractivity contribution in [3.8, 4) is 0 Å². The Hall–Kier alpha value is -0.990. The smallest absolute Gasteiger partial charge is 0.373 e. The van der Waals surface area contributed by atoms with Gasteiger partial charge in [0.25, 0.3) is 0 Å². The van der Waals surface area contributed by atoms with E-state index in [9.17, 15) is 4.79 Å². The molecule has 4 aliphatic rings. The van der Waals surface area contributed by atoms with Crippen LogP contribution in [0.5, 0.6) is 0 Å². The average Bonchev–Trinajstić information content (AvgIpc) is 2.23. The van der Waals surface area contributed by atoms with Crippen LogP contribution in [0, 0.1) is 17.8 Å². The van der Waals surface area contributed by atoms with E-state index in [1.165, 1.54) is 19.3 Å². The van der Waals surface area contributed by atoms with Crippen molar-refractivity contribution in [2.24, 2.45) is 17.8 Å². The summed E-state index contributed by atoms with van der Waals surface area (Å²) in [5.41, 5.74) is -0.617. The Labute approximate surface area is 121 Å². The van der Waals surface area contributed by atoms with Gasteiger partial charge >= 0.3 is 5.97 Å². The van der Waals surface area contributed by atoms with Gasteiger partial charge in [-0.2, -0.15) is 0 Å². The fourth-order valence-corrected chi connectivity index (χ4v) is 4.79. The van der Waals surface area contributed by atoms with Gasteiger partial charge in [0, 0.05) is 0 Å². The van der Waals surface area contributed by atoms with E-state index in [1.807, 2.05) is 20.8 Å². The molecule has 3 heteroatoms. The molecule has 4 bridgehead atoms. The minimum absolute atomic E-state index is 0.122. The molecule has 0 saturated heterocycles. The maximum atomic E-state index is 12.0. The molecule has 4 rings (SSSR count). The molecule has 0 N–H and O–H groups in total. The zero-order chi connectivity index (χ0) is 14.5. The summed E-state index contributed by atoms with van der Waals surface area (Å²) < 4.78 is 11.4. The van der Waals surface area contributed by atoms with Gasteiger partial charge in [-0.1, -0.05) is 0 Å². The van der Waals surface area contributed by atoms with Gasteiger partial charge < -0.3 is 9.47 Å². The fourth-order valence-electron chi connectivity index (χ4n) is 4.79. The zero-order valence-corrected chi connectivity index (χ0v) is 12.9. The van der Waals surface area contributed by atoms with Gasteiger partial charge in [0.2, 0.25) is 0 Å². The van der Waals surface area contributed by atoms with E-state index in [4.69, 9.17) is 9.47 Å². The molecule has 4 saturated carbocycles. The molecular formula is C17H26O3. The van der Waals surface area contributed by atoms with E-state index in [0.29, 0.717) is 0 Å². The maximum Gasteiger partial charge on any atom is 0.373 e. The first-order valence-electron chi connectivity index (χ1n) is 7.86. The highest BCUT2D eigenvalue weighted by Crippen LogP contribution is 2.57. The van der Waals surface area contributed by atoms with Crippen LogP contribution in [-0.4, -0.2) is 17.2 Å². The highest BCUT2D eigenvalue weighted by atomic mass is 16.6. The van der Waals surface area contributed by atoms with Crippen molar-refractivity contribution >= 4 is 5.97 Å². The predicted molar refractivity (Wildman–Crippen MR) is 77.0 cm³/mol. The van der Waals surface area contributed by atoms with Crippen LogP contribution in [-0.2, 0) is 14.3 Å². The highest BCUT2D eigenvalue weighted by molar-refractivity contribution is 5.85. The summed E-state index contributed by atoms with van der Waals surface area (Å²) in [6.07, 6.45) is 7.38. The number of rotatable bonds is 3. The predicted octanol–water partition coefficient (Wildman–Crippen LogP) is 3.83. The van der Waals surface area contributed by atoms with Gasteiger partial charge in [0.15, 0.2) is 5.76 Å². The van der Waals surface area contributed by atoms with Gasteiger partial charge in [-0.3, -0.25) is 0 Å². The van der Waals surface area contributed by atoms with Crippen molar-refractivity contribution in [3.63, 3.8) is 0 Å². The van der Waals surface area contributed by atoms with Crippen LogP contribution in [0.4, 0.5) is 0 Å². The Bertz CT molecular complexity index is 395. The van der Waals surface area contributed by atoms with Crippen molar-refractivity contribution in [1.29, 1.82) is 0 Å². The topological polar surface area (TPSA) is 35.5 Å². The molecule has 4 aliphatic carbocycles. The summed E-state index contributed by atoms with van der Waals surface area (Å²) in [5, 5.41) is 0. The number of hydrogen-bond donors (Lipinski definition) is 0. The summed E-state index contributed by atoms with van der Waals surface area (Å²) in [4.78, 5) is 12.0. The van der Waals surface area contributed by atoms with Crippen LogP contribution in [0.1, 0.15) is 59.3 Å². The van der Waals surface area contributed by atoms with E-state index in [0.717, 1.165) is 37.0 Å². The standard InChI is InChI=1S/C17H26O3/c1-11(15(18)20-16(2,3)4)19-17-8-12-5-13(9-17)7-14(6-12)10-17/h12-14H,1,5-10H2,2-4H3. The van der Waals surface area contributed by atoms with Crippen molar-refractivity contribution in [2.45, 2.75) is 70.5 Å². The summed E-state index contributed by atoms with van der Waals surface area (Å²) >= 11 is 0. The molecular weight excluding hydrogens is 252 g/mol. The molecule has 0 heterocycles. The lowest BCUT2D eigenvalue weighted by Crippen LogP contribution is -2.52. The van der Waals surface area contributed by atoms with E-state index in [-0.39, 0.29) is 11.4 Å². The Kier molecular flexibility index (Phi) is 3.15. The molecule has 4 fully saturated rings. The Balaban J connectivity index is 1.65. The number of hydrogen-bond acceptors (Lipinski definition) is 3. The number of ether oxygens (including phenoxy) is 2. The lowest BCUT2D eigenvalue weighted by molar-refractivity contribution is -0.171. The van der Waals surface area contributed by atoms with Gasteiger partial charge in [0.05, 0.1) is 0 Å². The SMILES string of the molecule is C=C(OC12CC3CC(CC(C3)C1)C2)C(=O)OC(C)(C)C. The third kappa shape index (κ3) is 2.72. The minimum Gasteiger partial charge on any atom is -0.480 e. The first kappa shape index (κ1) is 14.0. The second-order valence-electron chi connectivity index (χ2n) is 8.13. The molecule has 0 aromatic carbocycles. The quantitative estimate of drug-likeness (QED) is 0.447. The van der Waals surface area contributed by atoms with E-state index >= 15 is 0 Å². The molecule has 20 heavy (non-hydrogen) atoms. The number of carbonyl (C=O) groups is 1. The largest absolute Gasteiger partial charge is 0.480 e. The van der Waals surface area contributed by atoms with Crippen LogP contribution in [0.2, 0.25) is 0 Å². The minimum atomic E-state index is -0.495. The Morgan fingerprint density at radius 3 is 1.90 bits per heavy atom. The fraction of sp³-hybridized carbons (Fsp3) is 0.824. The molecule has 0 unspecified atom stereocenters. The maximum absolute atomic E-state index is 12.0. The third-order valence-corrected chi connectivity index (χ3v) is 4.95. The summed E-state index contributed by atoms with van der Waals surface area (Å²) in [5.74, 6) is 2.18. The van der Waals surface area contributed by atoms with Crippen LogP contribution in [0.3, 0.4) is 0 Å². The molecule has 0 aromatic rings. The summed E-state index contributed by atoms with van der Waals surface area (Å²) in [7, 11) is 0. The van der Waals surface area contributed by atoms with Crippen molar-refractivity contribution in [2.75, 3.05) is 0 Å². The average molecular weight is 278 g/mol. The lowest BCUT2D eigenvalue weighted by Gasteiger charge is -2.56. The normalized spacial score (nSPS) is 38.6. The zero-order valence-electron chi connectivity index (χ0n) is 12.9. The van der Waals surface area contributed by atoms with Crippen LogP contribution in [0.25, 0.3) is 0 Å². The van der Waals surface area contributed by atoms with E-state index in [1.54, 1.807) is 0 Å². The highest BCUT2D eigenvalue weighted by Gasteiger charge is 2.53. The monoisotopic (exact) mass is 278 g/mol. The van der Waals surface area contributed by atoms with Crippen LogP contribution < -0.4 is 0 Å². The van der Waals surface area contributed by atoms with Gasteiger partial charge in [0.1, 0.15) is 11.2 Å². The number of esters is 1. The Morgan fingerprint density at radius 1 is 1.05 bits per heavy atom. The molecule has 0 amide bonds.